The molecule has 0 bridgehead atoms. The number of β-amino-alcohol motifs (C(OH)–C–C–N with tert-alkyl or cyclic N) is 1. The number of rotatable bonds is 4. The van der Waals surface area contributed by atoms with Crippen molar-refractivity contribution < 1.29 is 9.90 Å². The SMILES string of the molecule is Cc1ncsc1-c1ccc([C@H](C)NC(=O)[C@H]2C[C@@H](O)CN2)cc1.Cl. The smallest absolute Gasteiger partial charge is 0.237 e. The number of aryl methyl sites for hydroxylation is 1. The van der Waals surface area contributed by atoms with Gasteiger partial charge in [-0.25, -0.2) is 4.98 Å². The summed E-state index contributed by atoms with van der Waals surface area (Å²) < 4.78 is 0. The maximum atomic E-state index is 12.2. The van der Waals surface area contributed by atoms with E-state index in [1.807, 2.05) is 31.5 Å². The van der Waals surface area contributed by atoms with Crippen molar-refractivity contribution in [1.82, 2.24) is 15.6 Å². The lowest BCUT2D eigenvalue weighted by Crippen LogP contribution is -2.41. The van der Waals surface area contributed by atoms with E-state index in [4.69, 9.17) is 0 Å². The number of hydrogen-bond donors (Lipinski definition) is 3. The standard InChI is InChI=1S/C17H21N3O2S.ClH/c1-10(20-17(22)15-7-14(21)8-18-15)12-3-5-13(6-4-12)16-11(2)19-9-23-16;/h3-6,9-10,14-15,18,21H,7-8H2,1-2H3,(H,20,22);1H/t10-,14+,15+;/m0./s1. The Kier molecular flexibility index (Phi) is 6.34. The largest absolute Gasteiger partial charge is 0.392 e. The molecular formula is C17H22ClN3O2S. The summed E-state index contributed by atoms with van der Waals surface area (Å²) in [5, 5.41) is 15.5. The topological polar surface area (TPSA) is 74.2 Å². The van der Waals surface area contributed by atoms with Crippen LogP contribution in [0.1, 0.15) is 30.6 Å². The average molecular weight is 368 g/mol. The summed E-state index contributed by atoms with van der Waals surface area (Å²) >= 11 is 1.63. The molecule has 5 nitrogen and oxygen atoms in total. The summed E-state index contributed by atoms with van der Waals surface area (Å²) in [6.07, 6.45) is 0.0466. The minimum Gasteiger partial charge on any atom is -0.392 e. The van der Waals surface area contributed by atoms with Gasteiger partial charge in [0, 0.05) is 6.54 Å². The van der Waals surface area contributed by atoms with Gasteiger partial charge in [0.25, 0.3) is 0 Å². The van der Waals surface area contributed by atoms with Gasteiger partial charge >= 0.3 is 0 Å². The van der Waals surface area contributed by atoms with Crippen LogP contribution in [-0.4, -0.2) is 34.7 Å². The average Bonchev–Trinajstić information content (AvgIpc) is 3.16. The maximum Gasteiger partial charge on any atom is 0.237 e. The number of aliphatic hydroxyl groups is 1. The first kappa shape index (κ1) is 18.9. The van der Waals surface area contributed by atoms with Crippen molar-refractivity contribution in [2.75, 3.05) is 6.54 Å². The first-order valence-corrected chi connectivity index (χ1v) is 8.65. The van der Waals surface area contributed by atoms with Gasteiger partial charge < -0.3 is 15.7 Å². The van der Waals surface area contributed by atoms with Crippen LogP contribution in [0.15, 0.2) is 29.8 Å². The van der Waals surface area contributed by atoms with Crippen LogP contribution in [-0.2, 0) is 4.79 Å². The second-order valence-corrected chi connectivity index (χ2v) is 6.82. The molecule has 24 heavy (non-hydrogen) atoms. The molecule has 2 aromatic rings. The summed E-state index contributed by atoms with van der Waals surface area (Å²) in [5.74, 6) is -0.0589. The van der Waals surface area contributed by atoms with Crippen LogP contribution in [0, 0.1) is 6.92 Å². The molecule has 3 atom stereocenters. The van der Waals surface area contributed by atoms with Crippen LogP contribution in [0.3, 0.4) is 0 Å². The quantitative estimate of drug-likeness (QED) is 0.776. The van der Waals surface area contributed by atoms with E-state index in [2.05, 4.69) is 27.8 Å². The molecule has 0 saturated carbocycles. The highest BCUT2D eigenvalue weighted by molar-refractivity contribution is 7.13. The molecule has 0 spiro atoms. The predicted octanol–water partition coefficient (Wildman–Crippen LogP) is 2.44. The number of halogens is 1. The molecule has 0 aliphatic carbocycles. The lowest BCUT2D eigenvalue weighted by atomic mass is 10.0. The Morgan fingerprint density at radius 3 is 2.67 bits per heavy atom. The van der Waals surface area contributed by atoms with Gasteiger partial charge in [0.1, 0.15) is 0 Å². The lowest BCUT2D eigenvalue weighted by Gasteiger charge is -2.18. The summed E-state index contributed by atoms with van der Waals surface area (Å²) in [4.78, 5) is 17.6. The molecular weight excluding hydrogens is 346 g/mol. The zero-order valence-corrected chi connectivity index (χ0v) is 15.3. The molecule has 1 fully saturated rings. The van der Waals surface area contributed by atoms with Crippen LogP contribution in [0.5, 0.6) is 0 Å². The number of nitrogens with zero attached hydrogens (tertiary/aromatic N) is 1. The number of amides is 1. The number of hydrogen-bond acceptors (Lipinski definition) is 5. The highest BCUT2D eigenvalue weighted by Gasteiger charge is 2.28. The number of aromatic nitrogens is 1. The number of nitrogens with one attached hydrogen (secondary N) is 2. The zero-order chi connectivity index (χ0) is 16.4. The molecule has 1 aromatic heterocycles. The van der Waals surface area contributed by atoms with Gasteiger partial charge in [-0.1, -0.05) is 24.3 Å². The van der Waals surface area contributed by atoms with E-state index in [0.717, 1.165) is 16.8 Å². The molecule has 1 aliphatic rings. The van der Waals surface area contributed by atoms with E-state index in [0.29, 0.717) is 13.0 Å². The van der Waals surface area contributed by atoms with Gasteiger partial charge in [0.2, 0.25) is 5.91 Å². The summed E-state index contributed by atoms with van der Waals surface area (Å²) in [6, 6.07) is 7.84. The van der Waals surface area contributed by atoms with Crippen LogP contribution in [0.25, 0.3) is 10.4 Å². The molecule has 0 radical (unpaired) electrons. The maximum absolute atomic E-state index is 12.2. The summed E-state index contributed by atoms with van der Waals surface area (Å²) in [5.41, 5.74) is 5.09. The lowest BCUT2D eigenvalue weighted by molar-refractivity contribution is -0.123. The second-order valence-electron chi connectivity index (χ2n) is 5.97. The minimum atomic E-state index is -0.428. The normalized spacial score (nSPS) is 21.1. The summed E-state index contributed by atoms with van der Waals surface area (Å²) in [7, 11) is 0. The monoisotopic (exact) mass is 367 g/mol. The van der Waals surface area contributed by atoms with Crippen molar-refractivity contribution in [2.45, 2.75) is 38.5 Å². The Morgan fingerprint density at radius 1 is 1.42 bits per heavy atom. The first-order chi connectivity index (χ1) is 11.0. The van der Waals surface area contributed by atoms with E-state index < -0.39 is 6.10 Å². The molecule has 3 rings (SSSR count). The van der Waals surface area contributed by atoms with Crippen molar-refractivity contribution >= 4 is 29.7 Å². The third-order valence-corrected chi connectivity index (χ3v) is 5.18. The Balaban J connectivity index is 0.00000208. The number of aliphatic hydroxyl groups excluding tert-OH is 1. The van der Waals surface area contributed by atoms with Gasteiger partial charge in [0.05, 0.1) is 34.3 Å². The van der Waals surface area contributed by atoms with Crippen molar-refractivity contribution in [1.29, 1.82) is 0 Å². The number of carbonyl (C=O) groups excluding carboxylic acids is 1. The molecule has 0 unspecified atom stereocenters. The third-order valence-electron chi connectivity index (χ3n) is 4.20. The Labute approximate surface area is 151 Å². The first-order valence-electron chi connectivity index (χ1n) is 7.77. The minimum absolute atomic E-state index is 0. The number of carbonyl (C=O) groups is 1. The Morgan fingerprint density at radius 2 is 2.12 bits per heavy atom. The second kappa shape index (κ2) is 8.07. The van der Waals surface area contributed by atoms with Gasteiger partial charge in [-0.05, 0) is 31.4 Å². The van der Waals surface area contributed by atoms with Crippen molar-refractivity contribution in [3.05, 3.63) is 41.0 Å². The third kappa shape index (κ3) is 4.13. The van der Waals surface area contributed by atoms with Crippen LogP contribution >= 0.6 is 23.7 Å². The summed E-state index contributed by atoms with van der Waals surface area (Å²) in [6.45, 7) is 4.46. The number of benzene rings is 1. The molecule has 1 saturated heterocycles. The van der Waals surface area contributed by atoms with Gasteiger partial charge in [-0.3, -0.25) is 4.79 Å². The molecule has 1 aromatic carbocycles. The highest BCUT2D eigenvalue weighted by atomic mass is 35.5. The highest BCUT2D eigenvalue weighted by Crippen LogP contribution is 2.28. The molecule has 1 aliphatic heterocycles. The van der Waals surface area contributed by atoms with E-state index in [9.17, 15) is 9.90 Å². The van der Waals surface area contributed by atoms with Crippen LogP contribution in [0.4, 0.5) is 0 Å². The van der Waals surface area contributed by atoms with Gasteiger partial charge in [0.15, 0.2) is 0 Å². The molecule has 7 heteroatoms. The molecule has 3 N–H and O–H groups in total. The fourth-order valence-electron chi connectivity index (χ4n) is 2.82. The Bertz CT molecular complexity index is 689. The van der Waals surface area contributed by atoms with Crippen molar-refractivity contribution in [3.8, 4) is 10.4 Å². The van der Waals surface area contributed by atoms with Gasteiger partial charge in [-0.15, -0.1) is 23.7 Å². The van der Waals surface area contributed by atoms with E-state index in [-0.39, 0.29) is 30.4 Å². The van der Waals surface area contributed by atoms with Crippen molar-refractivity contribution in [2.24, 2.45) is 0 Å². The number of thiazole rings is 1. The van der Waals surface area contributed by atoms with Crippen molar-refractivity contribution in [3.63, 3.8) is 0 Å². The fraction of sp³-hybridized carbons (Fsp3) is 0.412. The molecule has 2 heterocycles. The van der Waals surface area contributed by atoms with Crippen LogP contribution < -0.4 is 10.6 Å². The predicted molar refractivity (Wildman–Crippen MR) is 98.5 cm³/mol. The molecule has 1 amide bonds. The Hall–Kier alpha value is -1.47. The van der Waals surface area contributed by atoms with E-state index >= 15 is 0 Å². The molecule has 130 valence electrons. The fourth-order valence-corrected chi connectivity index (χ4v) is 3.63. The zero-order valence-electron chi connectivity index (χ0n) is 13.7. The van der Waals surface area contributed by atoms with Gasteiger partial charge in [-0.2, -0.15) is 0 Å². The van der Waals surface area contributed by atoms with E-state index in [1.54, 1.807) is 11.3 Å². The van der Waals surface area contributed by atoms with Crippen LogP contribution in [0.2, 0.25) is 0 Å². The van der Waals surface area contributed by atoms with E-state index in [1.165, 1.54) is 4.88 Å².